The molecule has 5 nitrogen and oxygen atoms in total. The highest BCUT2D eigenvalue weighted by molar-refractivity contribution is 5.87. The molecule has 45 heavy (non-hydrogen) atoms. The van der Waals surface area contributed by atoms with Crippen LogP contribution in [-0.2, 0) is 14.3 Å². The Labute approximate surface area is 273 Å². The SMILES string of the molecule is COc1cc(/C=C/C(=O)O[C@H]2CC[C@@]3(C)[C@@H](CC[C@@H]4[C@@H]3CC[C@]3(C)[C@@H]([C@H](C)CC[C@@H](C)C(C)C)CC[C@@H]43)C2)ccc1OC(C)=O. The molecular weight excluding hydrogens is 560 g/mol. The van der Waals surface area contributed by atoms with Crippen LogP contribution in [0.4, 0.5) is 0 Å². The predicted molar refractivity (Wildman–Crippen MR) is 181 cm³/mol. The molecule has 5 rings (SSSR count). The molecule has 0 radical (unpaired) electrons. The minimum Gasteiger partial charge on any atom is -0.493 e. The fourth-order valence-corrected chi connectivity index (χ4v) is 10.8. The van der Waals surface area contributed by atoms with E-state index in [0.29, 0.717) is 28.2 Å². The summed E-state index contributed by atoms with van der Waals surface area (Å²) in [7, 11) is 1.53. The van der Waals surface area contributed by atoms with E-state index < -0.39 is 5.97 Å². The van der Waals surface area contributed by atoms with Crippen LogP contribution in [0.3, 0.4) is 0 Å². The second kappa shape index (κ2) is 13.8. The standard InChI is InChI=1S/C40H60O5/c1-25(2)26(3)9-10-27(4)33-15-16-34-32-14-13-30-24-31(19-21-39(30,6)35(32)20-22-40(33,34)7)45-38(42)18-12-29-11-17-36(44-28(5)41)37(23-29)43-8/h11-12,17-18,23,25-27,30-35H,9-10,13-16,19-22,24H2,1-8H3/b18-12+/t26-,27-,30+,31+,32+,33-,34+,35+,39+,40-/m1/s1. The molecule has 0 aromatic heterocycles. The Morgan fingerprint density at radius 2 is 1.64 bits per heavy atom. The number of hydrogen-bond donors (Lipinski definition) is 0. The Kier molecular flexibility index (Phi) is 10.5. The highest BCUT2D eigenvalue weighted by atomic mass is 16.6. The number of fused-ring (bicyclic) bond motifs is 5. The van der Waals surface area contributed by atoms with Crippen LogP contribution < -0.4 is 9.47 Å². The van der Waals surface area contributed by atoms with Crippen molar-refractivity contribution in [1.82, 2.24) is 0 Å². The maximum absolute atomic E-state index is 12.9. The van der Waals surface area contributed by atoms with Gasteiger partial charge in [-0.05, 0) is 140 Å². The monoisotopic (exact) mass is 620 g/mol. The van der Waals surface area contributed by atoms with E-state index in [9.17, 15) is 9.59 Å². The maximum Gasteiger partial charge on any atom is 0.331 e. The van der Waals surface area contributed by atoms with E-state index >= 15 is 0 Å². The summed E-state index contributed by atoms with van der Waals surface area (Å²) >= 11 is 0. The number of esters is 2. The number of ether oxygens (including phenoxy) is 3. The molecule has 4 fully saturated rings. The number of carbonyl (C=O) groups is 2. The normalized spacial score (nSPS) is 35.7. The first kappa shape index (κ1) is 34.0. The van der Waals surface area contributed by atoms with Crippen LogP contribution in [0.25, 0.3) is 6.08 Å². The number of rotatable bonds is 10. The quantitative estimate of drug-likeness (QED) is 0.148. The van der Waals surface area contributed by atoms with Crippen molar-refractivity contribution in [2.75, 3.05) is 7.11 Å². The van der Waals surface area contributed by atoms with Crippen molar-refractivity contribution in [2.45, 2.75) is 125 Å². The van der Waals surface area contributed by atoms with E-state index in [4.69, 9.17) is 14.2 Å². The first-order chi connectivity index (χ1) is 21.4. The first-order valence-corrected chi connectivity index (χ1v) is 18.1. The molecule has 0 bridgehead atoms. The van der Waals surface area contributed by atoms with Crippen LogP contribution in [0.15, 0.2) is 24.3 Å². The van der Waals surface area contributed by atoms with E-state index in [1.54, 1.807) is 24.3 Å². The molecule has 4 saturated carbocycles. The van der Waals surface area contributed by atoms with Gasteiger partial charge in [0.2, 0.25) is 0 Å². The summed E-state index contributed by atoms with van der Waals surface area (Å²) < 4.78 is 16.6. The van der Waals surface area contributed by atoms with Gasteiger partial charge in [-0.1, -0.05) is 60.5 Å². The third-order valence-corrected chi connectivity index (χ3v) is 13.7. The fraction of sp³-hybridized carbons (Fsp3) is 0.750. The third kappa shape index (κ3) is 7.03. The summed E-state index contributed by atoms with van der Waals surface area (Å²) in [5, 5.41) is 0. The Bertz CT molecular complexity index is 1240. The molecule has 0 N–H and O–H groups in total. The molecule has 0 aliphatic heterocycles. The van der Waals surface area contributed by atoms with Gasteiger partial charge in [-0.15, -0.1) is 0 Å². The first-order valence-electron chi connectivity index (χ1n) is 18.1. The average molecular weight is 621 g/mol. The van der Waals surface area contributed by atoms with Crippen LogP contribution in [0.1, 0.15) is 125 Å². The second-order valence-electron chi connectivity index (χ2n) is 16.3. The summed E-state index contributed by atoms with van der Waals surface area (Å²) in [5.74, 6) is 6.70. The third-order valence-electron chi connectivity index (χ3n) is 13.7. The van der Waals surface area contributed by atoms with E-state index in [2.05, 4.69) is 41.5 Å². The summed E-state index contributed by atoms with van der Waals surface area (Å²) in [6.07, 6.45) is 17.5. The fourth-order valence-electron chi connectivity index (χ4n) is 10.8. The van der Waals surface area contributed by atoms with Crippen LogP contribution in [0, 0.1) is 58.2 Å². The van der Waals surface area contributed by atoms with Crippen LogP contribution in [0.5, 0.6) is 11.5 Å². The zero-order chi connectivity index (χ0) is 32.5. The summed E-state index contributed by atoms with van der Waals surface area (Å²) in [5.41, 5.74) is 1.68. The van der Waals surface area contributed by atoms with Crippen molar-refractivity contribution in [3.05, 3.63) is 29.8 Å². The lowest BCUT2D eigenvalue weighted by Crippen LogP contribution is -2.54. The van der Waals surface area contributed by atoms with Crippen molar-refractivity contribution < 1.29 is 23.8 Å². The predicted octanol–water partition coefficient (Wildman–Crippen LogP) is 9.91. The highest BCUT2D eigenvalue weighted by Crippen LogP contribution is 2.68. The molecule has 0 heterocycles. The van der Waals surface area contributed by atoms with Crippen molar-refractivity contribution >= 4 is 18.0 Å². The molecule has 4 aliphatic carbocycles. The Balaban J connectivity index is 1.17. The van der Waals surface area contributed by atoms with Crippen molar-refractivity contribution in [3.63, 3.8) is 0 Å². The number of carbonyl (C=O) groups excluding carboxylic acids is 2. The van der Waals surface area contributed by atoms with Crippen LogP contribution in [0.2, 0.25) is 0 Å². The molecule has 5 heteroatoms. The summed E-state index contributed by atoms with van der Waals surface area (Å²) in [6.45, 7) is 16.4. The largest absolute Gasteiger partial charge is 0.493 e. The molecule has 1 aromatic carbocycles. The van der Waals surface area contributed by atoms with Crippen LogP contribution in [-0.4, -0.2) is 25.2 Å². The minimum absolute atomic E-state index is 0.00329. The van der Waals surface area contributed by atoms with E-state index in [1.165, 1.54) is 77.9 Å². The van der Waals surface area contributed by atoms with Crippen molar-refractivity contribution in [3.8, 4) is 11.5 Å². The number of hydrogen-bond acceptors (Lipinski definition) is 5. The minimum atomic E-state index is -0.404. The average Bonchev–Trinajstić information content (AvgIpc) is 3.36. The Morgan fingerprint density at radius 3 is 2.36 bits per heavy atom. The van der Waals surface area contributed by atoms with Crippen LogP contribution >= 0.6 is 0 Å². The second-order valence-corrected chi connectivity index (χ2v) is 16.3. The van der Waals surface area contributed by atoms with Gasteiger partial charge >= 0.3 is 11.9 Å². The lowest BCUT2D eigenvalue weighted by atomic mass is 9.44. The van der Waals surface area contributed by atoms with Crippen molar-refractivity contribution in [1.29, 1.82) is 0 Å². The van der Waals surface area contributed by atoms with E-state index in [-0.39, 0.29) is 12.1 Å². The molecule has 0 unspecified atom stereocenters. The molecule has 4 aliphatic rings. The Hall–Kier alpha value is -2.30. The summed E-state index contributed by atoms with van der Waals surface area (Å²) in [4.78, 5) is 24.2. The lowest BCUT2D eigenvalue weighted by Gasteiger charge is -2.61. The molecule has 10 atom stereocenters. The van der Waals surface area contributed by atoms with Gasteiger partial charge in [0.25, 0.3) is 0 Å². The van der Waals surface area contributed by atoms with Gasteiger partial charge in [-0.3, -0.25) is 4.79 Å². The molecular formula is C40H60O5. The highest BCUT2D eigenvalue weighted by Gasteiger charge is 2.60. The van der Waals surface area contributed by atoms with Gasteiger partial charge in [0.1, 0.15) is 6.10 Å². The smallest absolute Gasteiger partial charge is 0.331 e. The Morgan fingerprint density at radius 1 is 0.911 bits per heavy atom. The number of benzene rings is 1. The van der Waals surface area contributed by atoms with Gasteiger partial charge < -0.3 is 14.2 Å². The van der Waals surface area contributed by atoms with E-state index in [1.807, 2.05) is 0 Å². The van der Waals surface area contributed by atoms with Gasteiger partial charge in [-0.2, -0.15) is 0 Å². The maximum atomic E-state index is 12.9. The molecule has 250 valence electrons. The number of methoxy groups -OCH3 is 1. The van der Waals surface area contributed by atoms with Gasteiger partial charge in [0, 0.05) is 13.0 Å². The van der Waals surface area contributed by atoms with Gasteiger partial charge in [-0.25, -0.2) is 4.79 Å². The topological polar surface area (TPSA) is 61.8 Å². The molecule has 0 amide bonds. The zero-order valence-corrected chi connectivity index (χ0v) is 29.4. The zero-order valence-electron chi connectivity index (χ0n) is 29.4. The molecule has 0 saturated heterocycles. The van der Waals surface area contributed by atoms with Gasteiger partial charge in [0.15, 0.2) is 11.5 Å². The molecule has 0 spiro atoms. The summed E-state index contributed by atoms with van der Waals surface area (Å²) in [6, 6.07) is 5.23. The van der Waals surface area contributed by atoms with Gasteiger partial charge in [0.05, 0.1) is 7.11 Å². The lowest BCUT2D eigenvalue weighted by molar-refractivity contribution is -0.158. The van der Waals surface area contributed by atoms with Crippen molar-refractivity contribution in [2.24, 2.45) is 58.2 Å². The molecule has 1 aromatic rings. The van der Waals surface area contributed by atoms with E-state index in [0.717, 1.165) is 59.8 Å².